The maximum Gasteiger partial charge on any atom is 0.339 e. The quantitative estimate of drug-likeness (QED) is 0.129. The van der Waals surface area contributed by atoms with Crippen molar-refractivity contribution in [1.82, 2.24) is 4.98 Å². The summed E-state index contributed by atoms with van der Waals surface area (Å²) in [6.45, 7) is 4.15. The van der Waals surface area contributed by atoms with Crippen LogP contribution in [-0.2, 0) is 11.3 Å². The van der Waals surface area contributed by atoms with Crippen LogP contribution in [0.25, 0.3) is 22.2 Å². The number of benzene rings is 4. The number of nitrogens with zero attached hydrogens (tertiary/aromatic N) is 2. The molecule has 0 saturated carbocycles. The molecule has 4 aromatic carbocycles. The third-order valence-corrected chi connectivity index (χ3v) is 6.29. The highest BCUT2D eigenvalue weighted by molar-refractivity contribution is 6.04. The number of rotatable bonds is 7. The van der Waals surface area contributed by atoms with E-state index in [2.05, 4.69) is 19.9 Å². The molecule has 7 heteroatoms. The lowest BCUT2D eigenvalue weighted by molar-refractivity contribution is -0.384. The number of nitro benzene ring substituents is 1. The van der Waals surface area contributed by atoms with Crippen molar-refractivity contribution in [3.63, 3.8) is 0 Å². The molecule has 0 aliphatic rings. The molecule has 1 aromatic heterocycles. The Balaban J connectivity index is 1.36. The highest BCUT2D eigenvalue weighted by atomic mass is 16.6. The number of carbonyl (C=O) groups excluding carboxylic acids is 1. The molecule has 0 atom stereocenters. The number of non-ortho nitro benzene ring substituents is 1. The molecule has 0 spiro atoms. The minimum absolute atomic E-state index is 0.0117. The average molecular weight is 505 g/mol. The first-order valence-electron chi connectivity index (χ1n) is 12.0. The lowest BCUT2D eigenvalue weighted by atomic mass is 10.0. The summed E-state index contributed by atoms with van der Waals surface area (Å²) in [5.41, 5.74) is 5.87. The van der Waals surface area contributed by atoms with Gasteiger partial charge in [-0.05, 0) is 73.0 Å². The van der Waals surface area contributed by atoms with Crippen LogP contribution in [0.4, 0.5) is 5.69 Å². The van der Waals surface area contributed by atoms with Crippen LogP contribution in [0, 0.1) is 24.0 Å². The number of hydrogen-bond donors (Lipinski definition) is 0. The van der Waals surface area contributed by atoms with E-state index in [0.717, 1.165) is 22.1 Å². The van der Waals surface area contributed by atoms with Gasteiger partial charge in [-0.2, -0.15) is 0 Å². The molecule has 188 valence electrons. The summed E-state index contributed by atoms with van der Waals surface area (Å²) in [5, 5.41) is 11.6. The minimum Gasteiger partial charge on any atom is -0.457 e. The van der Waals surface area contributed by atoms with Gasteiger partial charge in [0.25, 0.3) is 5.69 Å². The molecule has 7 nitrogen and oxygen atoms in total. The van der Waals surface area contributed by atoms with Crippen LogP contribution >= 0.6 is 0 Å². The first-order valence-corrected chi connectivity index (χ1v) is 12.0. The highest BCUT2D eigenvalue weighted by Crippen LogP contribution is 2.28. The van der Waals surface area contributed by atoms with Gasteiger partial charge < -0.3 is 9.47 Å². The van der Waals surface area contributed by atoms with Crippen LogP contribution in [0.15, 0.2) is 97.1 Å². The van der Waals surface area contributed by atoms with E-state index in [9.17, 15) is 14.9 Å². The second-order valence-electron chi connectivity index (χ2n) is 8.95. The van der Waals surface area contributed by atoms with Crippen molar-refractivity contribution in [3.8, 4) is 22.8 Å². The predicted molar refractivity (Wildman–Crippen MR) is 145 cm³/mol. The topological polar surface area (TPSA) is 91.6 Å². The van der Waals surface area contributed by atoms with Gasteiger partial charge in [0.15, 0.2) is 0 Å². The van der Waals surface area contributed by atoms with E-state index in [-0.39, 0.29) is 12.3 Å². The molecule has 0 aliphatic heterocycles. The molecule has 0 aliphatic carbocycles. The Bertz CT molecular complexity index is 1660. The number of para-hydroxylation sites is 1. The molecule has 1 heterocycles. The molecular weight excluding hydrogens is 480 g/mol. The number of aromatic nitrogens is 1. The normalized spacial score (nSPS) is 10.8. The molecule has 0 N–H and O–H groups in total. The molecule has 5 rings (SSSR count). The van der Waals surface area contributed by atoms with E-state index < -0.39 is 10.9 Å². The lowest BCUT2D eigenvalue weighted by Gasteiger charge is -2.12. The number of aryl methyl sites for hydroxylation is 2. The molecule has 0 amide bonds. The smallest absolute Gasteiger partial charge is 0.339 e. The van der Waals surface area contributed by atoms with E-state index in [0.29, 0.717) is 28.3 Å². The van der Waals surface area contributed by atoms with Crippen molar-refractivity contribution >= 4 is 22.6 Å². The molecule has 0 saturated heterocycles. The first-order chi connectivity index (χ1) is 18.4. The van der Waals surface area contributed by atoms with E-state index in [1.807, 2.05) is 42.5 Å². The average Bonchev–Trinajstić information content (AvgIpc) is 2.93. The second-order valence-corrected chi connectivity index (χ2v) is 8.95. The zero-order chi connectivity index (χ0) is 26.6. The lowest BCUT2D eigenvalue weighted by Crippen LogP contribution is -2.07. The monoisotopic (exact) mass is 504 g/mol. The first kappa shape index (κ1) is 24.6. The summed E-state index contributed by atoms with van der Waals surface area (Å²) in [7, 11) is 0. The van der Waals surface area contributed by atoms with Gasteiger partial charge in [-0.15, -0.1) is 0 Å². The van der Waals surface area contributed by atoms with Gasteiger partial charge in [-0.1, -0.05) is 42.5 Å². The maximum absolute atomic E-state index is 13.3. The number of nitro groups is 1. The second kappa shape index (κ2) is 10.5. The highest BCUT2D eigenvalue weighted by Gasteiger charge is 2.16. The van der Waals surface area contributed by atoms with Crippen molar-refractivity contribution < 1.29 is 19.2 Å². The fourth-order valence-corrected chi connectivity index (χ4v) is 4.09. The SMILES string of the molecule is Cc1ccc(-c2cc(C(=O)OCc3cccc(Oc4ccc([N+](=O)[O-])cc4)c3)c3ccccc3n2)cc1C. The van der Waals surface area contributed by atoms with Gasteiger partial charge in [0.1, 0.15) is 18.1 Å². The van der Waals surface area contributed by atoms with E-state index >= 15 is 0 Å². The van der Waals surface area contributed by atoms with Gasteiger partial charge in [-0.25, -0.2) is 9.78 Å². The fourth-order valence-electron chi connectivity index (χ4n) is 4.09. The van der Waals surface area contributed by atoms with Crippen LogP contribution in [0.3, 0.4) is 0 Å². The van der Waals surface area contributed by atoms with Crippen molar-refractivity contribution in [1.29, 1.82) is 0 Å². The molecule has 5 aromatic rings. The zero-order valence-electron chi connectivity index (χ0n) is 20.9. The number of carbonyl (C=O) groups is 1. The summed E-state index contributed by atoms with van der Waals surface area (Å²) >= 11 is 0. The van der Waals surface area contributed by atoms with Gasteiger partial charge >= 0.3 is 5.97 Å². The Morgan fingerprint density at radius 2 is 1.63 bits per heavy atom. The summed E-state index contributed by atoms with van der Waals surface area (Å²) in [5.74, 6) is 0.543. The van der Waals surface area contributed by atoms with Crippen molar-refractivity contribution in [2.75, 3.05) is 0 Å². The van der Waals surface area contributed by atoms with E-state index in [1.165, 1.54) is 29.8 Å². The number of pyridine rings is 1. The zero-order valence-corrected chi connectivity index (χ0v) is 20.9. The summed E-state index contributed by atoms with van der Waals surface area (Å²) in [4.78, 5) is 28.4. The van der Waals surface area contributed by atoms with Crippen LogP contribution in [0.5, 0.6) is 11.5 Å². The number of esters is 1. The third kappa shape index (κ3) is 5.37. The Hall–Kier alpha value is -5.04. The summed E-state index contributed by atoms with van der Waals surface area (Å²) in [6, 6.07) is 28.4. The molecule has 0 fully saturated rings. The van der Waals surface area contributed by atoms with E-state index in [4.69, 9.17) is 14.5 Å². The maximum atomic E-state index is 13.3. The number of hydrogen-bond acceptors (Lipinski definition) is 6. The largest absolute Gasteiger partial charge is 0.457 e. The Labute approximate surface area is 219 Å². The number of ether oxygens (including phenoxy) is 2. The Morgan fingerprint density at radius 1 is 0.842 bits per heavy atom. The van der Waals surface area contributed by atoms with Crippen LogP contribution in [0.1, 0.15) is 27.0 Å². The molecule has 38 heavy (non-hydrogen) atoms. The van der Waals surface area contributed by atoms with Crippen LogP contribution in [0.2, 0.25) is 0 Å². The minimum atomic E-state index is -0.463. The van der Waals surface area contributed by atoms with Gasteiger partial charge in [0.2, 0.25) is 0 Å². The number of fused-ring (bicyclic) bond motifs is 1. The van der Waals surface area contributed by atoms with Crippen molar-refractivity contribution in [2.45, 2.75) is 20.5 Å². The predicted octanol–water partition coefficient (Wildman–Crippen LogP) is 7.58. The van der Waals surface area contributed by atoms with Gasteiger partial charge in [0.05, 0.1) is 21.7 Å². The third-order valence-electron chi connectivity index (χ3n) is 6.29. The van der Waals surface area contributed by atoms with E-state index in [1.54, 1.807) is 24.3 Å². The molecule has 0 radical (unpaired) electrons. The standard InChI is InChI=1S/C31H24N2O5/c1-20-10-11-23(16-21(20)2)30-18-28(27-8-3-4-9-29(27)32-30)31(34)37-19-22-6-5-7-26(17-22)38-25-14-12-24(13-15-25)33(35)36/h3-18H,19H2,1-2H3. The van der Waals surface area contributed by atoms with Gasteiger partial charge in [0, 0.05) is 23.1 Å². The van der Waals surface area contributed by atoms with Gasteiger partial charge in [-0.3, -0.25) is 10.1 Å². The van der Waals surface area contributed by atoms with Crippen molar-refractivity contribution in [2.24, 2.45) is 0 Å². The summed E-state index contributed by atoms with van der Waals surface area (Å²) < 4.78 is 11.5. The van der Waals surface area contributed by atoms with Crippen molar-refractivity contribution in [3.05, 3.63) is 129 Å². The Kier molecular flexibility index (Phi) is 6.82. The summed E-state index contributed by atoms with van der Waals surface area (Å²) in [6.07, 6.45) is 0. The fraction of sp³-hybridized carbons (Fsp3) is 0.0968. The Morgan fingerprint density at radius 3 is 2.39 bits per heavy atom. The molecule has 0 bridgehead atoms. The van der Waals surface area contributed by atoms with Crippen LogP contribution in [-0.4, -0.2) is 15.9 Å². The molecular formula is C31H24N2O5. The molecule has 0 unspecified atom stereocenters. The van der Waals surface area contributed by atoms with Crippen LogP contribution < -0.4 is 4.74 Å².